The molecule has 3 heteroatoms. The highest BCUT2D eigenvalue weighted by atomic mass is 32.1. The Balaban J connectivity index is 3.13. The molecule has 0 unspecified atom stereocenters. The molecule has 0 saturated carbocycles. The predicted molar refractivity (Wildman–Crippen MR) is 51.5 cm³/mol. The number of rotatable bonds is 2. The molecule has 0 saturated heterocycles. The maximum atomic E-state index is 9.78. The van der Waals surface area contributed by atoms with E-state index in [1.165, 1.54) is 0 Å². The largest absolute Gasteiger partial charge is 0.385 e. The SMILES string of the molecule is CCc1nc(C)sc1C(C)(C)O. The first-order valence-corrected chi connectivity index (χ1v) is 4.96. The van der Waals surface area contributed by atoms with Gasteiger partial charge in [0.1, 0.15) is 0 Å². The zero-order chi connectivity index (χ0) is 9.35. The first-order valence-electron chi connectivity index (χ1n) is 4.14. The van der Waals surface area contributed by atoms with Gasteiger partial charge >= 0.3 is 0 Å². The number of thiazole rings is 1. The van der Waals surface area contributed by atoms with Crippen molar-refractivity contribution in [2.45, 2.75) is 39.7 Å². The van der Waals surface area contributed by atoms with Crippen LogP contribution in [0.3, 0.4) is 0 Å². The Morgan fingerprint density at radius 2 is 2.08 bits per heavy atom. The van der Waals surface area contributed by atoms with Crippen LogP contribution in [-0.4, -0.2) is 10.1 Å². The van der Waals surface area contributed by atoms with Crippen LogP contribution in [0, 0.1) is 6.92 Å². The Bertz CT molecular complexity index is 273. The summed E-state index contributed by atoms with van der Waals surface area (Å²) < 4.78 is 0. The Morgan fingerprint density at radius 3 is 2.42 bits per heavy atom. The normalized spacial score (nSPS) is 12.1. The van der Waals surface area contributed by atoms with Crippen molar-refractivity contribution < 1.29 is 5.11 Å². The van der Waals surface area contributed by atoms with Gasteiger partial charge in [0.2, 0.25) is 0 Å². The molecule has 0 radical (unpaired) electrons. The second kappa shape index (κ2) is 3.15. The van der Waals surface area contributed by atoms with Crippen molar-refractivity contribution in [3.63, 3.8) is 0 Å². The van der Waals surface area contributed by atoms with Gasteiger partial charge < -0.3 is 5.11 Å². The van der Waals surface area contributed by atoms with E-state index in [1.54, 1.807) is 25.2 Å². The lowest BCUT2D eigenvalue weighted by Crippen LogP contribution is -2.15. The van der Waals surface area contributed by atoms with Crippen LogP contribution in [-0.2, 0) is 12.0 Å². The molecule has 0 spiro atoms. The van der Waals surface area contributed by atoms with Crippen molar-refractivity contribution in [2.75, 3.05) is 0 Å². The van der Waals surface area contributed by atoms with Crippen LogP contribution < -0.4 is 0 Å². The quantitative estimate of drug-likeness (QED) is 0.766. The molecule has 1 rings (SSSR count). The Hall–Kier alpha value is -0.410. The van der Waals surface area contributed by atoms with E-state index in [-0.39, 0.29) is 0 Å². The van der Waals surface area contributed by atoms with Crippen LogP contribution in [0.5, 0.6) is 0 Å². The molecule has 0 bridgehead atoms. The number of nitrogens with zero attached hydrogens (tertiary/aromatic N) is 1. The van der Waals surface area contributed by atoms with Crippen molar-refractivity contribution in [2.24, 2.45) is 0 Å². The molecule has 12 heavy (non-hydrogen) atoms. The van der Waals surface area contributed by atoms with E-state index in [0.717, 1.165) is 22.0 Å². The summed E-state index contributed by atoms with van der Waals surface area (Å²) in [5, 5.41) is 10.8. The maximum Gasteiger partial charge on any atom is 0.0950 e. The average molecular weight is 185 g/mol. The summed E-state index contributed by atoms with van der Waals surface area (Å²) in [7, 11) is 0. The Kier molecular flexibility index (Phi) is 2.54. The highest BCUT2D eigenvalue weighted by Crippen LogP contribution is 2.29. The molecule has 0 amide bonds. The molecule has 2 nitrogen and oxygen atoms in total. The van der Waals surface area contributed by atoms with E-state index in [0.29, 0.717) is 0 Å². The zero-order valence-electron chi connectivity index (χ0n) is 8.01. The third-order valence-electron chi connectivity index (χ3n) is 1.69. The van der Waals surface area contributed by atoms with E-state index in [4.69, 9.17) is 0 Å². The minimum atomic E-state index is -0.739. The predicted octanol–water partition coefficient (Wildman–Crippen LogP) is 2.24. The molecule has 0 aromatic carbocycles. The summed E-state index contributed by atoms with van der Waals surface area (Å²) in [5.74, 6) is 0. The molecule has 0 aliphatic rings. The van der Waals surface area contributed by atoms with E-state index in [2.05, 4.69) is 11.9 Å². The van der Waals surface area contributed by atoms with E-state index in [1.807, 2.05) is 6.92 Å². The number of hydrogen-bond acceptors (Lipinski definition) is 3. The fraction of sp³-hybridized carbons (Fsp3) is 0.667. The molecular formula is C9H15NOS. The molecule has 0 fully saturated rings. The summed E-state index contributed by atoms with van der Waals surface area (Å²) >= 11 is 1.58. The smallest absolute Gasteiger partial charge is 0.0950 e. The summed E-state index contributed by atoms with van der Waals surface area (Å²) in [6, 6.07) is 0. The first kappa shape index (κ1) is 9.68. The number of aryl methyl sites for hydroxylation is 2. The van der Waals surface area contributed by atoms with Crippen LogP contribution in [0.2, 0.25) is 0 Å². The number of hydrogen-bond donors (Lipinski definition) is 1. The molecule has 1 N–H and O–H groups in total. The van der Waals surface area contributed by atoms with Crippen LogP contribution in [0.25, 0.3) is 0 Å². The van der Waals surface area contributed by atoms with Crippen LogP contribution in [0.1, 0.15) is 36.3 Å². The van der Waals surface area contributed by atoms with Gasteiger partial charge in [-0.15, -0.1) is 11.3 Å². The molecule has 68 valence electrons. The first-order chi connectivity index (χ1) is 5.45. The minimum absolute atomic E-state index is 0.739. The molecule has 1 aromatic rings. The monoisotopic (exact) mass is 185 g/mol. The molecule has 0 aliphatic heterocycles. The van der Waals surface area contributed by atoms with Crippen molar-refractivity contribution in [1.82, 2.24) is 4.98 Å². The van der Waals surface area contributed by atoms with Crippen molar-refractivity contribution in [1.29, 1.82) is 0 Å². The van der Waals surface area contributed by atoms with Crippen molar-refractivity contribution >= 4 is 11.3 Å². The summed E-state index contributed by atoms with van der Waals surface area (Å²) in [6.45, 7) is 7.64. The van der Waals surface area contributed by atoms with Crippen LogP contribution in [0.4, 0.5) is 0 Å². The van der Waals surface area contributed by atoms with Gasteiger partial charge in [-0.2, -0.15) is 0 Å². The highest BCUT2D eigenvalue weighted by molar-refractivity contribution is 7.11. The molecule has 1 heterocycles. The second-order valence-corrected chi connectivity index (χ2v) is 4.62. The second-order valence-electron chi connectivity index (χ2n) is 3.42. The highest BCUT2D eigenvalue weighted by Gasteiger charge is 2.22. The third-order valence-corrected chi connectivity index (χ3v) is 3.02. The van der Waals surface area contributed by atoms with Crippen LogP contribution >= 0.6 is 11.3 Å². The fourth-order valence-corrected chi connectivity index (χ4v) is 2.20. The van der Waals surface area contributed by atoms with Gasteiger partial charge in [-0.3, -0.25) is 0 Å². The van der Waals surface area contributed by atoms with Gasteiger partial charge in [0, 0.05) is 0 Å². The lowest BCUT2D eigenvalue weighted by Gasteiger charge is -2.15. The summed E-state index contributed by atoms with van der Waals surface area (Å²) in [5.41, 5.74) is 0.294. The van der Waals surface area contributed by atoms with E-state index in [9.17, 15) is 5.11 Å². The standard InChI is InChI=1S/C9H15NOS/c1-5-7-8(9(3,4)11)12-6(2)10-7/h11H,5H2,1-4H3. The lowest BCUT2D eigenvalue weighted by atomic mass is 10.1. The van der Waals surface area contributed by atoms with E-state index >= 15 is 0 Å². The number of aromatic nitrogens is 1. The molecule has 0 aliphatic carbocycles. The fourth-order valence-electron chi connectivity index (χ4n) is 1.19. The van der Waals surface area contributed by atoms with Crippen molar-refractivity contribution in [3.05, 3.63) is 15.6 Å². The third kappa shape index (κ3) is 1.84. The number of aliphatic hydroxyl groups is 1. The van der Waals surface area contributed by atoms with Gasteiger partial charge in [-0.25, -0.2) is 4.98 Å². The van der Waals surface area contributed by atoms with Gasteiger partial charge in [-0.1, -0.05) is 6.92 Å². The van der Waals surface area contributed by atoms with Gasteiger partial charge in [-0.05, 0) is 27.2 Å². The van der Waals surface area contributed by atoms with Gasteiger partial charge in [0.05, 0.1) is 21.2 Å². The zero-order valence-corrected chi connectivity index (χ0v) is 8.83. The van der Waals surface area contributed by atoms with Gasteiger partial charge in [0.25, 0.3) is 0 Å². The minimum Gasteiger partial charge on any atom is -0.385 e. The average Bonchev–Trinajstić information content (AvgIpc) is 2.29. The summed E-state index contributed by atoms with van der Waals surface area (Å²) in [6.07, 6.45) is 0.893. The maximum absolute atomic E-state index is 9.78. The van der Waals surface area contributed by atoms with E-state index < -0.39 is 5.60 Å². The van der Waals surface area contributed by atoms with Crippen molar-refractivity contribution in [3.8, 4) is 0 Å². The molecule has 0 atom stereocenters. The van der Waals surface area contributed by atoms with Crippen LogP contribution in [0.15, 0.2) is 0 Å². The Morgan fingerprint density at radius 1 is 1.50 bits per heavy atom. The molecular weight excluding hydrogens is 170 g/mol. The summed E-state index contributed by atoms with van der Waals surface area (Å²) in [4.78, 5) is 5.36. The topological polar surface area (TPSA) is 33.1 Å². The lowest BCUT2D eigenvalue weighted by molar-refractivity contribution is 0.0814. The van der Waals surface area contributed by atoms with Gasteiger partial charge in [0.15, 0.2) is 0 Å². The Labute approximate surface area is 77.3 Å². The molecule has 1 aromatic heterocycles.